The molecule has 3 rings (SSSR count). The zero-order valence-corrected chi connectivity index (χ0v) is 15.6. The molecule has 6 heteroatoms. The summed E-state index contributed by atoms with van der Waals surface area (Å²) in [6.07, 6.45) is 0.867. The van der Waals surface area contributed by atoms with Gasteiger partial charge in [0, 0.05) is 31.9 Å². The van der Waals surface area contributed by atoms with Gasteiger partial charge in [0.05, 0.1) is 6.61 Å². The molecule has 0 spiro atoms. The van der Waals surface area contributed by atoms with Gasteiger partial charge < -0.3 is 19.3 Å². The topological polar surface area (TPSA) is 42.0 Å². The van der Waals surface area contributed by atoms with E-state index in [1.807, 2.05) is 24.0 Å². The van der Waals surface area contributed by atoms with Gasteiger partial charge in [0.2, 0.25) is 0 Å². The van der Waals surface area contributed by atoms with E-state index in [9.17, 15) is 9.18 Å². The third-order valence-electron chi connectivity index (χ3n) is 4.54. The van der Waals surface area contributed by atoms with Crippen LogP contribution in [0.1, 0.15) is 13.3 Å². The summed E-state index contributed by atoms with van der Waals surface area (Å²) in [5.74, 6) is 1.17. The van der Waals surface area contributed by atoms with Crippen LogP contribution < -0.4 is 14.4 Å². The number of hydrogen-bond acceptors (Lipinski definition) is 4. The molecule has 0 bridgehead atoms. The Bertz CT molecular complexity index is 734. The molecule has 27 heavy (non-hydrogen) atoms. The van der Waals surface area contributed by atoms with Crippen molar-refractivity contribution >= 4 is 11.6 Å². The molecule has 0 unspecified atom stereocenters. The van der Waals surface area contributed by atoms with Crippen LogP contribution in [0.2, 0.25) is 0 Å². The van der Waals surface area contributed by atoms with Crippen LogP contribution in [-0.2, 0) is 4.79 Å². The first-order valence-corrected chi connectivity index (χ1v) is 9.29. The summed E-state index contributed by atoms with van der Waals surface area (Å²) in [7, 11) is 0. The molecule has 5 nitrogen and oxygen atoms in total. The molecule has 0 aliphatic carbocycles. The summed E-state index contributed by atoms with van der Waals surface area (Å²) in [6.45, 7) is 5.45. The van der Waals surface area contributed by atoms with Gasteiger partial charge in [-0.1, -0.05) is 0 Å². The first-order chi connectivity index (χ1) is 13.2. The third-order valence-corrected chi connectivity index (χ3v) is 4.54. The highest BCUT2D eigenvalue weighted by Gasteiger charge is 2.19. The summed E-state index contributed by atoms with van der Waals surface area (Å²) in [5.41, 5.74) is 0.983. The van der Waals surface area contributed by atoms with Gasteiger partial charge in [-0.05, 0) is 61.9 Å². The molecule has 0 atom stereocenters. The van der Waals surface area contributed by atoms with Crippen molar-refractivity contribution in [3.8, 4) is 11.5 Å². The van der Waals surface area contributed by atoms with Gasteiger partial charge >= 0.3 is 0 Å². The number of benzene rings is 2. The lowest BCUT2D eigenvalue weighted by atomic mass is 10.2. The van der Waals surface area contributed by atoms with E-state index in [1.165, 1.54) is 12.1 Å². The van der Waals surface area contributed by atoms with Gasteiger partial charge in [0.15, 0.2) is 6.61 Å². The average Bonchev–Trinajstić information content (AvgIpc) is 2.94. The van der Waals surface area contributed by atoms with Crippen LogP contribution in [0.5, 0.6) is 11.5 Å². The van der Waals surface area contributed by atoms with Crippen molar-refractivity contribution in [1.29, 1.82) is 0 Å². The highest BCUT2D eigenvalue weighted by Crippen LogP contribution is 2.19. The zero-order chi connectivity index (χ0) is 19.1. The predicted octanol–water partition coefficient (Wildman–Crippen LogP) is 3.34. The molecule has 2 aromatic rings. The minimum Gasteiger partial charge on any atom is -0.494 e. The number of ether oxygens (including phenoxy) is 2. The van der Waals surface area contributed by atoms with Gasteiger partial charge in [-0.15, -0.1) is 0 Å². The van der Waals surface area contributed by atoms with Crippen LogP contribution in [0.4, 0.5) is 10.1 Å². The maximum absolute atomic E-state index is 13.1. The summed E-state index contributed by atoms with van der Waals surface area (Å²) >= 11 is 0. The average molecular weight is 372 g/mol. The van der Waals surface area contributed by atoms with E-state index < -0.39 is 0 Å². The summed E-state index contributed by atoms with van der Waals surface area (Å²) < 4.78 is 24.1. The maximum atomic E-state index is 13.1. The Balaban J connectivity index is 1.49. The Morgan fingerprint density at radius 2 is 1.59 bits per heavy atom. The summed E-state index contributed by atoms with van der Waals surface area (Å²) in [6, 6.07) is 13.8. The van der Waals surface area contributed by atoms with E-state index in [1.54, 1.807) is 24.3 Å². The van der Waals surface area contributed by atoms with E-state index in [4.69, 9.17) is 9.47 Å². The van der Waals surface area contributed by atoms with Gasteiger partial charge in [-0.3, -0.25) is 4.79 Å². The SMILES string of the molecule is CCOc1ccc(OCC(=O)N2CCCN(c3ccc(F)cc3)CC2)cc1. The molecule has 144 valence electrons. The van der Waals surface area contributed by atoms with E-state index in [0.717, 1.165) is 30.9 Å². The van der Waals surface area contributed by atoms with Crippen molar-refractivity contribution in [2.24, 2.45) is 0 Å². The van der Waals surface area contributed by atoms with Crippen LogP contribution in [0.3, 0.4) is 0 Å². The smallest absolute Gasteiger partial charge is 0.260 e. The van der Waals surface area contributed by atoms with Gasteiger partial charge in [0.1, 0.15) is 17.3 Å². The molecular formula is C21H25FN2O3. The predicted molar refractivity (Wildman–Crippen MR) is 103 cm³/mol. The normalized spacial score (nSPS) is 14.6. The molecule has 1 aliphatic rings. The van der Waals surface area contributed by atoms with Gasteiger partial charge in [-0.2, -0.15) is 0 Å². The summed E-state index contributed by atoms with van der Waals surface area (Å²) in [4.78, 5) is 16.5. The van der Waals surface area contributed by atoms with E-state index in [2.05, 4.69) is 4.90 Å². The first-order valence-electron chi connectivity index (χ1n) is 9.29. The second-order valence-electron chi connectivity index (χ2n) is 6.39. The van der Waals surface area contributed by atoms with Crippen LogP contribution >= 0.6 is 0 Å². The molecule has 1 fully saturated rings. The quantitative estimate of drug-likeness (QED) is 0.780. The van der Waals surface area contributed by atoms with E-state index in [-0.39, 0.29) is 18.3 Å². The number of amides is 1. The number of anilines is 1. The molecule has 1 heterocycles. The summed E-state index contributed by atoms with van der Waals surface area (Å²) in [5, 5.41) is 0. The molecule has 0 radical (unpaired) electrons. The Morgan fingerprint density at radius 3 is 2.26 bits per heavy atom. The molecule has 0 saturated carbocycles. The molecular weight excluding hydrogens is 347 g/mol. The van der Waals surface area contributed by atoms with Gasteiger partial charge in [-0.25, -0.2) is 4.39 Å². The van der Waals surface area contributed by atoms with Crippen molar-refractivity contribution in [2.45, 2.75) is 13.3 Å². The Hall–Kier alpha value is -2.76. The lowest BCUT2D eigenvalue weighted by Crippen LogP contribution is -2.38. The largest absolute Gasteiger partial charge is 0.494 e. The van der Waals surface area contributed by atoms with Crippen LogP contribution in [-0.4, -0.2) is 50.2 Å². The third kappa shape index (κ3) is 5.36. The molecule has 0 aromatic heterocycles. The Morgan fingerprint density at radius 1 is 0.926 bits per heavy atom. The minimum absolute atomic E-state index is 0.0184. The Kier molecular flexibility index (Phi) is 6.52. The number of carbonyl (C=O) groups excluding carboxylic acids is 1. The second-order valence-corrected chi connectivity index (χ2v) is 6.39. The lowest BCUT2D eigenvalue weighted by Gasteiger charge is -2.23. The van der Waals surface area contributed by atoms with Crippen molar-refractivity contribution in [2.75, 3.05) is 44.3 Å². The van der Waals surface area contributed by atoms with Crippen molar-refractivity contribution < 1.29 is 18.7 Å². The maximum Gasteiger partial charge on any atom is 0.260 e. The molecule has 1 amide bonds. The highest BCUT2D eigenvalue weighted by atomic mass is 19.1. The lowest BCUT2D eigenvalue weighted by molar-refractivity contribution is -0.133. The van der Waals surface area contributed by atoms with Crippen LogP contribution in [0.15, 0.2) is 48.5 Å². The van der Waals surface area contributed by atoms with Crippen molar-refractivity contribution in [3.63, 3.8) is 0 Å². The monoisotopic (exact) mass is 372 g/mol. The van der Waals surface area contributed by atoms with Crippen molar-refractivity contribution in [1.82, 2.24) is 4.90 Å². The standard InChI is InChI=1S/C21H25FN2O3/c1-2-26-19-8-10-20(11-9-19)27-16-21(25)24-13-3-12-23(14-15-24)18-6-4-17(22)5-7-18/h4-11H,2-3,12-16H2,1H3. The van der Waals surface area contributed by atoms with E-state index >= 15 is 0 Å². The fourth-order valence-electron chi connectivity index (χ4n) is 3.11. The fraction of sp³-hybridized carbons (Fsp3) is 0.381. The Labute approximate surface area is 159 Å². The van der Waals surface area contributed by atoms with E-state index in [0.29, 0.717) is 25.4 Å². The second kappa shape index (κ2) is 9.26. The van der Waals surface area contributed by atoms with Crippen molar-refractivity contribution in [3.05, 3.63) is 54.3 Å². The number of hydrogen-bond donors (Lipinski definition) is 0. The zero-order valence-electron chi connectivity index (χ0n) is 15.6. The molecule has 0 N–H and O–H groups in total. The number of nitrogens with zero attached hydrogens (tertiary/aromatic N) is 2. The molecule has 2 aromatic carbocycles. The van der Waals surface area contributed by atoms with Crippen LogP contribution in [0.25, 0.3) is 0 Å². The molecule has 1 aliphatic heterocycles. The number of carbonyl (C=O) groups is 1. The number of rotatable bonds is 6. The first kappa shape index (κ1) is 19.0. The number of halogens is 1. The van der Waals surface area contributed by atoms with Gasteiger partial charge in [0.25, 0.3) is 5.91 Å². The minimum atomic E-state index is -0.239. The highest BCUT2D eigenvalue weighted by molar-refractivity contribution is 5.78. The van der Waals surface area contributed by atoms with Crippen LogP contribution in [0, 0.1) is 5.82 Å². The fourth-order valence-corrected chi connectivity index (χ4v) is 3.11. The molecule has 1 saturated heterocycles.